The van der Waals surface area contributed by atoms with Gasteiger partial charge in [-0.25, -0.2) is 0 Å². The molecule has 0 atom stereocenters. The van der Waals surface area contributed by atoms with Crippen LogP contribution >= 0.6 is 0 Å². The number of fused-ring (bicyclic) bond motifs is 10. The molecule has 330 valence electrons. The number of nitrogens with zero attached hydrogens (tertiary/aromatic N) is 3. The molecule has 0 aliphatic rings. The summed E-state index contributed by atoms with van der Waals surface area (Å²) in [6.45, 7) is 14.5. The molecule has 2 heterocycles. The lowest BCUT2D eigenvalue weighted by molar-refractivity contribution is 0.666. The minimum atomic E-state index is -1.55. The SMILES string of the molecule is C[Si](C)(C)c1ccc(N(c2ccccc2)c2cc3c(c4ccccc24)c2c4ccccc4c(N(c4ccccc4)c4ccc([Si](C)(C)C)cc4)cc2n3-c2cccc3c2oc2ccccc23)cc1. The highest BCUT2D eigenvalue weighted by atomic mass is 28.3. The maximum absolute atomic E-state index is 6.95. The van der Waals surface area contributed by atoms with Gasteiger partial charge in [0.25, 0.3) is 0 Å². The van der Waals surface area contributed by atoms with Crippen LogP contribution in [0.4, 0.5) is 34.1 Å². The fourth-order valence-corrected chi connectivity index (χ4v) is 12.8. The lowest BCUT2D eigenvalue weighted by atomic mass is 9.96. The summed E-state index contributed by atoms with van der Waals surface area (Å²) in [7, 11) is -3.10. The number of benzene rings is 10. The van der Waals surface area contributed by atoms with Crippen LogP contribution in [0.2, 0.25) is 39.3 Å². The Morgan fingerprint density at radius 1 is 0.353 bits per heavy atom. The highest BCUT2D eigenvalue weighted by Crippen LogP contribution is 2.50. The number of aromatic nitrogens is 1. The number of para-hydroxylation sites is 4. The van der Waals surface area contributed by atoms with Crippen LogP contribution in [0, 0.1) is 0 Å². The van der Waals surface area contributed by atoms with Crippen molar-refractivity contribution in [3.05, 3.63) is 212 Å². The monoisotopic (exact) mass is 911 g/mol. The number of furan rings is 1. The van der Waals surface area contributed by atoms with Gasteiger partial charge >= 0.3 is 0 Å². The third kappa shape index (κ3) is 6.85. The summed E-state index contributed by atoms with van der Waals surface area (Å²) in [6, 6.07) is 78.3. The zero-order chi connectivity index (χ0) is 46.3. The molecule has 68 heavy (non-hydrogen) atoms. The quantitative estimate of drug-likeness (QED) is 0.135. The molecule has 0 fully saturated rings. The lowest BCUT2D eigenvalue weighted by Gasteiger charge is -2.28. The number of anilines is 6. The molecule has 2 aromatic heterocycles. The molecule has 0 bridgehead atoms. The fourth-order valence-electron chi connectivity index (χ4n) is 10.5. The maximum Gasteiger partial charge on any atom is 0.159 e. The van der Waals surface area contributed by atoms with Gasteiger partial charge in [0.05, 0.1) is 44.2 Å². The van der Waals surface area contributed by atoms with E-state index in [4.69, 9.17) is 4.42 Å². The predicted octanol–water partition coefficient (Wildman–Crippen LogP) is 17.0. The van der Waals surface area contributed by atoms with Gasteiger partial charge in [-0.15, -0.1) is 0 Å². The van der Waals surface area contributed by atoms with Gasteiger partial charge in [-0.05, 0) is 83.6 Å². The normalized spacial score (nSPS) is 12.3. The van der Waals surface area contributed by atoms with E-state index in [1.165, 1.54) is 42.7 Å². The molecule has 0 N–H and O–H groups in total. The molecule has 6 heteroatoms. The van der Waals surface area contributed by atoms with Gasteiger partial charge in [0.2, 0.25) is 0 Å². The minimum Gasteiger partial charge on any atom is -0.454 e. The summed E-state index contributed by atoms with van der Waals surface area (Å²) in [5.41, 5.74) is 11.6. The molecule has 0 amide bonds. The Balaban J connectivity index is 1.25. The van der Waals surface area contributed by atoms with Crippen molar-refractivity contribution in [3.8, 4) is 5.69 Å². The standard InChI is InChI=1S/C62H53N3OSi2/c1-67(2,3)46-36-32-44(33-37-46)63(42-20-9-7-10-21-42)55-40-57-60(51-27-15-13-24-48(51)55)61-52-28-16-14-25-49(52)56(64(43-22-11-8-12-23-43)45-34-38-47(39-35-45)68(4,5)6)41-58(61)65(57)54-30-19-29-53-50-26-17-18-31-59(50)66-62(53)54/h7-41H,1-6H3. The second-order valence-corrected chi connectivity index (χ2v) is 30.3. The maximum atomic E-state index is 6.95. The second-order valence-electron chi connectivity index (χ2n) is 20.2. The summed E-state index contributed by atoms with van der Waals surface area (Å²) in [5, 5.41) is 12.3. The summed E-state index contributed by atoms with van der Waals surface area (Å²) in [5.74, 6) is 0. The molecule has 0 aliphatic carbocycles. The molecule has 0 aliphatic heterocycles. The summed E-state index contributed by atoms with van der Waals surface area (Å²) in [4.78, 5) is 4.90. The van der Waals surface area contributed by atoms with Crippen LogP contribution in [0.1, 0.15) is 0 Å². The van der Waals surface area contributed by atoms with Gasteiger partial charge < -0.3 is 18.8 Å². The molecule has 0 saturated heterocycles. The summed E-state index contributed by atoms with van der Waals surface area (Å²) >= 11 is 0. The zero-order valence-electron chi connectivity index (χ0n) is 39.5. The van der Waals surface area contributed by atoms with Crippen molar-refractivity contribution >= 4 is 126 Å². The second kappa shape index (κ2) is 16.0. The first kappa shape index (κ1) is 41.8. The van der Waals surface area contributed by atoms with Gasteiger partial charge in [0.1, 0.15) is 5.58 Å². The van der Waals surface area contributed by atoms with Crippen molar-refractivity contribution in [2.75, 3.05) is 9.80 Å². The predicted molar refractivity (Wildman–Crippen MR) is 298 cm³/mol. The molecule has 0 spiro atoms. The van der Waals surface area contributed by atoms with E-state index in [9.17, 15) is 0 Å². The number of hydrogen-bond acceptors (Lipinski definition) is 3. The molecule has 12 aromatic rings. The molecule has 0 unspecified atom stereocenters. The first-order valence-electron chi connectivity index (χ1n) is 23.8. The van der Waals surface area contributed by atoms with E-state index in [0.29, 0.717) is 0 Å². The average Bonchev–Trinajstić information content (AvgIpc) is 3.91. The van der Waals surface area contributed by atoms with Crippen molar-refractivity contribution in [1.82, 2.24) is 4.57 Å². The van der Waals surface area contributed by atoms with Gasteiger partial charge in [-0.2, -0.15) is 0 Å². The molecular weight excluding hydrogens is 859 g/mol. The Bertz CT molecular complexity index is 3660. The Kier molecular flexibility index (Phi) is 9.83. The van der Waals surface area contributed by atoms with Gasteiger partial charge in [-0.3, -0.25) is 0 Å². The molecule has 0 saturated carbocycles. The summed E-state index contributed by atoms with van der Waals surface area (Å²) < 4.78 is 9.45. The first-order valence-corrected chi connectivity index (χ1v) is 30.8. The Labute approximate surface area is 399 Å². The Morgan fingerprint density at radius 2 is 0.735 bits per heavy atom. The Morgan fingerprint density at radius 3 is 1.19 bits per heavy atom. The van der Waals surface area contributed by atoms with E-state index in [2.05, 4.69) is 266 Å². The molecule has 12 rings (SSSR count). The number of hydrogen-bond donors (Lipinski definition) is 0. The van der Waals surface area contributed by atoms with Crippen molar-refractivity contribution < 1.29 is 4.42 Å². The van der Waals surface area contributed by atoms with Crippen molar-refractivity contribution in [2.24, 2.45) is 0 Å². The molecule has 0 radical (unpaired) electrons. The zero-order valence-corrected chi connectivity index (χ0v) is 41.5. The van der Waals surface area contributed by atoms with E-state index < -0.39 is 16.1 Å². The third-order valence-electron chi connectivity index (χ3n) is 13.9. The lowest BCUT2D eigenvalue weighted by Crippen LogP contribution is -2.37. The van der Waals surface area contributed by atoms with Crippen LogP contribution < -0.4 is 20.2 Å². The van der Waals surface area contributed by atoms with Gasteiger partial charge in [0.15, 0.2) is 5.58 Å². The van der Waals surface area contributed by atoms with Crippen molar-refractivity contribution in [2.45, 2.75) is 39.3 Å². The van der Waals surface area contributed by atoms with E-state index in [-0.39, 0.29) is 0 Å². The fraction of sp³-hybridized carbons (Fsp3) is 0.0968. The van der Waals surface area contributed by atoms with E-state index in [1.807, 2.05) is 0 Å². The van der Waals surface area contributed by atoms with Crippen molar-refractivity contribution in [1.29, 1.82) is 0 Å². The molecule has 10 aromatic carbocycles. The van der Waals surface area contributed by atoms with Crippen LogP contribution in [-0.2, 0) is 0 Å². The topological polar surface area (TPSA) is 24.6 Å². The van der Waals surface area contributed by atoms with Gasteiger partial charge in [-0.1, -0.05) is 189 Å². The smallest absolute Gasteiger partial charge is 0.159 e. The van der Waals surface area contributed by atoms with Gasteiger partial charge in [0, 0.05) is 55.1 Å². The van der Waals surface area contributed by atoms with E-state index in [0.717, 1.165) is 72.8 Å². The summed E-state index contributed by atoms with van der Waals surface area (Å²) in [6.07, 6.45) is 0. The van der Waals surface area contributed by atoms with Crippen LogP contribution in [0.25, 0.3) is 71.0 Å². The van der Waals surface area contributed by atoms with Crippen molar-refractivity contribution in [3.63, 3.8) is 0 Å². The number of rotatable bonds is 9. The van der Waals surface area contributed by atoms with Crippen LogP contribution in [0.3, 0.4) is 0 Å². The largest absolute Gasteiger partial charge is 0.454 e. The van der Waals surface area contributed by atoms with Crippen LogP contribution in [-0.4, -0.2) is 20.7 Å². The molecule has 4 nitrogen and oxygen atoms in total. The average molecular weight is 912 g/mol. The first-order chi connectivity index (χ1) is 33.0. The highest BCUT2D eigenvalue weighted by molar-refractivity contribution is 6.89. The highest BCUT2D eigenvalue weighted by Gasteiger charge is 2.28. The Hall–Kier alpha value is -7.65. The molecular formula is C62H53N3OSi2. The van der Waals surface area contributed by atoms with E-state index in [1.54, 1.807) is 0 Å². The third-order valence-corrected chi connectivity index (χ3v) is 18.0. The van der Waals surface area contributed by atoms with Crippen LogP contribution in [0.5, 0.6) is 0 Å². The minimum absolute atomic E-state index is 0.862. The van der Waals surface area contributed by atoms with E-state index >= 15 is 0 Å². The van der Waals surface area contributed by atoms with Crippen LogP contribution in [0.15, 0.2) is 217 Å².